The Bertz CT molecular complexity index is 1040. The van der Waals surface area contributed by atoms with E-state index in [1.54, 1.807) is 30.3 Å². The number of hydrogen-bond donors (Lipinski definition) is 2. The lowest BCUT2D eigenvalue weighted by atomic mass is 10.2. The maximum absolute atomic E-state index is 13.0. The monoisotopic (exact) mass is 422 g/mol. The van der Waals surface area contributed by atoms with Crippen LogP contribution < -0.4 is 20.9 Å². The molecule has 150 valence electrons. The molecule has 0 unspecified atom stereocenters. The molecule has 6 nitrogen and oxygen atoms in total. The maximum Gasteiger partial charge on any atom is 0.417 e. The summed E-state index contributed by atoms with van der Waals surface area (Å²) < 4.78 is 50.1. The van der Waals surface area contributed by atoms with Gasteiger partial charge in [0.2, 0.25) is 0 Å². The first-order valence-corrected chi connectivity index (χ1v) is 8.47. The van der Waals surface area contributed by atoms with E-state index in [4.69, 9.17) is 32.5 Å². The minimum absolute atomic E-state index is 0.0119. The zero-order valence-corrected chi connectivity index (χ0v) is 15.4. The predicted molar refractivity (Wildman–Crippen MR) is 103 cm³/mol. The van der Waals surface area contributed by atoms with Crippen molar-refractivity contribution >= 4 is 23.4 Å². The van der Waals surface area contributed by atoms with Crippen LogP contribution in [0.4, 0.5) is 19.0 Å². The minimum Gasteiger partial charge on any atom is -0.457 e. The molecule has 2 aromatic carbocycles. The van der Waals surface area contributed by atoms with Crippen molar-refractivity contribution in [2.75, 3.05) is 0 Å². The molecule has 0 atom stereocenters. The standard InChI is InChI=1S/C19H14ClF3N4O2/c20-16-6-4-13(9-15(16)19(21,22)23)28-11-2-1-3-12(8-11)29-14-5-7-17(26-10-14)27-18(24)25/h1-10H,(H4,24,25,26,27). The molecule has 0 amide bonds. The van der Waals surface area contributed by atoms with Gasteiger partial charge in [-0.3, -0.25) is 0 Å². The van der Waals surface area contributed by atoms with Crippen LogP contribution in [0.15, 0.2) is 65.8 Å². The molecule has 3 rings (SSSR count). The van der Waals surface area contributed by atoms with Gasteiger partial charge in [-0.25, -0.2) is 4.98 Å². The lowest BCUT2D eigenvalue weighted by molar-refractivity contribution is -0.137. The van der Waals surface area contributed by atoms with E-state index in [9.17, 15) is 13.2 Å². The summed E-state index contributed by atoms with van der Waals surface area (Å²) in [4.78, 5) is 7.82. The van der Waals surface area contributed by atoms with Crippen LogP contribution in [0.3, 0.4) is 0 Å². The van der Waals surface area contributed by atoms with Crippen molar-refractivity contribution in [2.45, 2.75) is 6.18 Å². The van der Waals surface area contributed by atoms with Crippen LogP contribution >= 0.6 is 11.6 Å². The Hall–Kier alpha value is -3.46. The number of ether oxygens (including phenoxy) is 2. The Balaban J connectivity index is 1.76. The summed E-state index contributed by atoms with van der Waals surface area (Å²) in [6.07, 6.45) is -3.16. The van der Waals surface area contributed by atoms with E-state index in [2.05, 4.69) is 9.98 Å². The van der Waals surface area contributed by atoms with Crippen LogP contribution in [0.25, 0.3) is 0 Å². The molecule has 1 aromatic heterocycles. The molecule has 29 heavy (non-hydrogen) atoms. The zero-order chi connectivity index (χ0) is 21.0. The second kappa shape index (κ2) is 8.27. The van der Waals surface area contributed by atoms with Crippen LogP contribution in [0, 0.1) is 0 Å². The molecule has 0 saturated carbocycles. The van der Waals surface area contributed by atoms with Crippen LogP contribution in [0.5, 0.6) is 23.0 Å². The molecule has 0 spiro atoms. The summed E-state index contributed by atoms with van der Waals surface area (Å²) in [6, 6.07) is 12.9. The van der Waals surface area contributed by atoms with Crippen LogP contribution in [0.1, 0.15) is 5.56 Å². The molecule has 0 aliphatic heterocycles. The number of rotatable bonds is 5. The molecule has 0 aliphatic carbocycles. The van der Waals surface area contributed by atoms with E-state index >= 15 is 0 Å². The number of hydrogen-bond acceptors (Lipinski definition) is 4. The first kappa shape index (κ1) is 20.3. The van der Waals surface area contributed by atoms with Gasteiger partial charge in [0.25, 0.3) is 0 Å². The third-order valence-electron chi connectivity index (χ3n) is 3.48. The van der Waals surface area contributed by atoms with Gasteiger partial charge in [0.05, 0.1) is 16.8 Å². The molecule has 0 bridgehead atoms. The zero-order valence-electron chi connectivity index (χ0n) is 14.7. The first-order valence-electron chi connectivity index (χ1n) is 8.09. The number of halogens is 4. The molecule has 0 radical (unpaired) electrons. The van der Waals surface area contributed by atoms with Gasteiger partial charge in [0.1, 0.15) is 23.0 Å². The SMILES string of the molecule is NC(N)=Nc1ccc(Oc2cccc(Oc3ccc(Cl)c(C(F)(F)F)c3)c2)cn1. The fraction of sp³-hybridized carbons (Fsp3) is 0.0526. The van der Waals surface area contributed by atoms with E-state index in [0.29, 0.717) is 17.3 Å². The molecule has 4 N–H and O–H groups in total. The second-order valence-electron chi connectivity index (χ2n) is 5.71. The fourth-order valence-electron chi connectivity index (χ4n) is 2.29. The van der Waals surface area contributed by atoms with E-state index < -0.39 is 16.8 Å². The molecule has 1 heterocycles. The number of benzene rings is 2. The van der Waals surface area contributed by atoms with Gasteiger partial charge in [-0.05, 0) is 42.5 Å². The summed E-state index contributed by atoms with van der Waals surface area (Å²) in [7, 11) is 0. The van der Waals surface area contributed by atoms with E-state index in [1.165, 1.54) is 18.3 Å². The van der Waals surface area contributed by atoms with Gasteiger partial charge in [0, 0.05) is 6.07 Å². The topological polar surface area (TPSA) is 95.8 Å². The first-order chi connectivity index (χ1) is 13.7. The van der Waals surface area contributed by atoms with Crippen molar-refractivity contribution in [2.24, 2.45) is 16.5 Å². The van der Waals surface area contributed by atoms with Crippen molar-refractivity contribution in [1.29, 1.82) is 0 Å². The van der Waals surface area contributed by atoms with Gasteiger partial charge < -0.3 is 20.9 Å². The molecule has 0 saturated heterocycles. The summed E-state index contributed by atoms with van der Waals surface area (Å²) in [5.74, 6) is 1.26. The van der Waals surface area contributed by atoms with E-state index in [1.807, 2.05) is 0 Å². The van der Waals surface area contributed by atoms with Crippen molar-refractivity contribution < 1.29 is 22.6 Å². The van der Waals surface area contributed by atoms with E-state index in [-0.39, 0.29) is 17.5 Å². The largest absolute Gasteiger partial charge is 0.457 e. The average molecular weight is 423 g/mol. The molecular formula is C19H14ClF3N4O2. The number of aromatic nitrogens is 1. The number of aliphatic imine (C=N–C) groups is 1. The summed E-state index contributed by atoms with van der Waals surface area (Å²) in [6.45, 7) is 0. The lowest BCUT2D eigenvalue weighted by Crippen LogP contribution is -2.22. The maximum atomic E-state index is 13.0. The highest BCUT2D eigenvalue weighted by Gasteiger charge is 2.33. The second-order valence-corrected chi connectivity index (χ2v) is 6.11. The quantitative estimate of drug-likeness (QED) is 0.433. The van der Waals surface area contributed by atoms with Crippen molar-refractivity contribution in [3.8, 4) is 23.0 Å². The van der Waals surface area contributed by atoms with Gasteiger partial charge in [-0.15, -0.1) is 0 Å². The summed E-state index contributed by atoms with van der Waals surface area (Å²) in [5, 5.41) is -0.404. The Morgan fingerprint density at radius 1 is 0.897 bits per heavy atom. The highest BCUT2D eigenvalue weighted by Crippen LogP contribution is 2.38. The highest BCUT2D eigenvalue weighted by molar-refractivity contribution is 6.31. The highest BCUT2D eigenvalue weighted by atomic mass is 35.5. The van der Waals surface area contributed by atoms with Crippen molar-refractivity contribution in [1.82, 2.24) is 4.98 Å². The number of pyridine rings is 1. The minimum atomic E-state index is -4.58. The molecular weight excluding hydrogens is 409 g/mol. The van der Waals surface area contributed by atoms with Crippen LogP contribution in [-0.2, 0) is 6.18 Å². The number of alkyl halides is 3. The fourth-order valence-corrected chi connectivity index (χ4v) is 2.51. The molecule has 0 fully saturated rings. The summed E-state index contributed by atoms with van der Waals surface area (Å²) in [5.41, 5.74) is 9.58. The number of guanidine groups is 1. The summed E-state index contributed by atoms with van der Waals surface area (Å²) >= 11 is 5.61. The molecule has 0 aliphatic rings. The Labute approximate surface area is 168 Å². The lowest BCUT2D eigenvalue weighted by Gasteiger charge is -2.12. The van der Waals surface area contributed by atoms with Gasteiger partial charge in [-0.1, -0.05) is 17.7 Å². The number of nitrogens with two attached hydrogens (primary N) is 2. The third-order valence-corrected chi connectivity index (χ3v) is 3.81. The Morgan fingerprint density at radius 2 is 1.52 bits per heavy atom. The normalized spacial score (nSPS) is 11.0. The van der Waals surface area contributed by atoms with Crippen LogP contribution in [0.2, 0.25) is 5.02 Å². The van der Waals surface area contributed by atoms with Crippen molar-refractivity contribution in [3.05, 3.63) is 71.4 Å². The molecule has 10 heteroatoms. The Kier molecular flexibility index (Phi) is 5.79. The van der Waals surface area contributed by atoms with E-state index in [0.717, 1.165) is 12.1 Å². The third kappa shape index (κ3) is 5.52. The van der Waals surface area contributed by atoms with Gasteiger partial charge in [-0.2, -0.15) is 18.2 Å². The smallest absolute Gasteiger partial charge is 0.417 e. The molecule has 3 aromatic rings. The van der Waals surface area contributed by atoms with Crippen LogP contribution in [-0.4, -0.2) is 10.9 Å². The van der Waals surface area contributed by atoms with Gasteiger partial charge in [0.15, 0.2) is 11.8 Å². The van der Waals surface area contributed by atoms with Gasteiger partial charge >= 0.3 is 6.18 Å². The Morgan fingerprint density at radius 3 is 2.10 bits per heavy atom. The van der Waals surface area contributed by atoms with Crippen molar-refractivity contribution in [3.63, 3.8) is 0 Å². The average Bonchev–Trinajstić information content (AvgIpc) is 2.64. The number of nitrogens with zero attached hydrogens (tertiary/aromatic N) is 2. The predicted octanol–water partition coefficient (Wildman–Crippen LogP) is 5.24.